The minimum atomic E-state index is 0.107. The van der Waals surface area contributed by atoms with Crippen molar-refractivity contribution in [2.24, 2.45) is 0 Å². The zero-order chi connectivity index (χ0) is 11.1. The quantitative estimate of drug-likeness (QED) is 0.751. The Kier molecular flexibility index (Phi) is 3.88. The van der Waals surface area contributed by atoms with Gasteiger partial charge in [-0.2, -0.15) is 10.5 Å². The molecule has 0 fully saturated rings. The summed E-state index contributed by atoms with van der Waals surface area (Å²) in [5.41, 5.74) is 1.03. The minimum absolute atomic E-state index is 0.107. The number of allylic oxidation sites excluding steroid dienone is 1. The van der Waals surface area contributed by atoms with Gasteiger partial charge in [-0.15, -0.1) is 0 Å². The molecule has 4 nitrogen and oxygen atoms in total. The fraction of sp³-hybridized carbons (Fsp3) is 0.182. The zero-order valence-corrected chi connectivity index (χ0v) is 8.36. The number of hydrogen-bond acceptors (Lipinski definition) is 4. The Bertz CT molecular complexity index is 432. The van der Waals surface area contributed by atoms with Crippen molar-refractivity contribution >= 4 is 5.82 Å². The van der Waals surface area contributed by atoms with E-state index in [9.17, 15) is 0 Å². The van der Waals surface area contributed by atoms with Crippen molar-refractivity contribution in [2.75, 3.05) is 11.9 Å². The maximum atomic E-state index is 8.48. The van der Waals surface area contributed by atoms with Gasteiger partial charge in [0.15, 0.2) is 0 Å². The van der Waals surface area contributed by atoms with Crippen molar-refractivity contribution in [3.8, 4) is 12.1 Å². The molecule has 1 rings (SSSR count). The first-order valence-electron chi connectivity index (χ1n) is 4.44. The lowest BCUT2D eigenvalue weighted by molar-refractivity contribution is 1.16. The Hall–Kier alpha value is -2.33. The summed E-state index contributed by atoms with van der Waals surface area (Å²) in [6, 6.07) is 9.20. The fourth-order valence-electron chi connectivity index (χ4n) is 1.02. The van der Waals surface area contributed by atoms with E-state index in [1.54, 1.807) is 12.1 Å². The van der Waals surface area contributed by atoms with Gasteiger partial charge in [0.05, 0.1) is 0 Å². The van der Waals surface area contributed by atoms with Crippen molar-refractivity contribution in [3.05, 3.63) is 35.5 Å². The van der Waals surface area contributed by atoms with E-state index in [2.05, 4.69) is 10.3 Å². The van der Waals surface area contributed by atoms with Crippen LogP contribution in [0.1, 0.15) is 5.69 Å². The first-order chi connectivity index (χ1) is 7.26. The Morgan fingerprint density at radius 1 is 1.47 bits per heavy atom. The topological polar surface area (TPSA) is 72.5 Å². The number of aromatic nitrogens is 1. The lowest BCUT2D eigenvalue weighted by atomic mass is 10.3. The molecule has 1 heterocycles. The highest BCUT2D eigenvalue weighted by Crippen LogP contribution is 2.03. The van der Waals surface area contributed by atoms with Crippen LogP contribution in [0.4, 0.5) is 5.82 Å². The maximum absolute atomic E-state index is 8.48. The number of nitrogens with one attached hydrogen (secondary N) is 1. The van der Waals surface area contributed by atoms with Gasteiger partial charge in [0.25, 0.3) is 0 Å². The van der Waals surface area contributed by atoms with Crippen molar-refractivity contribution in [1.29, 1.82) is 10.5 Å². The SMILES string of the molecule is Cc1cccc(NCC=C(C#N)C#N)n1. The number of nitrogens with zero attached hydrogens (tertiary/aromatic N) is 3. The van der Waals surface area contributed by atoms with Crippen molar-refractivity contribution in [3.63, 3.8) is 0 Å². The molecule has 0 atom stereocenters. The molecular weight excluding hydrogens is 188 g/mol. The van der Waals surface area contributed by atoms with Gasteiger partial charge in [0, 0.05) is 12.2 Å². The summed E-state index contributed by atoms with van der Waals surface area (Å²) in [6.45, 7) is 2.32. The lowest BCUT2D eigenvalue weighted by Gasteiger charge is -2.02. The number of pyridine rings is 1. The van der Waals surface area contributed by atoms with Crippen LogP contribution in [0.25, 0.3) is 0 Å². The molecular formula is C11H10N4. The Morgan fingerprint density at radius 3 is 2.80 bits per heavy atom. The molecule has 1 N–H and O–H groups in total. The van der Waals surface area contributed by atoms with Crippen LogP contribution in [0.2, 0.25) is 0 Å². The number of rotatable bonds is 3. The molecule has 0 amide bonds. The molecule has 4 heteroatoms. The van der Waals surface area contributed by atoms with E-state index in [0.29, 0.717) is 6.54 Å². The molecule has 0 unspecified atom stereocenters. The van der Waals surface area contributed by atoms with E-state index < -0.39 is 0 Å². The third-order valence-electron chi connectivity index (χ3n) is 1.72. The van der Waals surface area contributed by atoms with E-state index in [0.717, 1.165) is 11.5 Å². The molecule has 0 radical (unpaired) electrons. The lowest BCUT2D eigenvalue weighted by Crippen LogP contribution is -2.01. The summed E-state index contributed by atoms with van der Waals surface area (Å²) >= 11 is 0. The summed E-state index contributed by atoms with van der Waals surface area (Å²) in [7, 11) is 0. The summed E-state index contributed by atoms with van der Waals surface area (Å²) in [5.74, 6) is 0.737. The third-order valence-corrected chi connectivity index (χ3v) is 1.72. The average molecular weight is 198 g/mol. The molecule has 0 aliphatic carbocycles. The molecule has 15 heavy (non-hydrogen) atoms. The fourth-order valence-corrected chi connectivity index (χ4v) is 1.02. The second-order valence-electron chi connectivity index (χ2n) is 2.89. The summed E-state index contributed by atoms with van der Waals surface area (Å²) in [5, 5.41) is 20.0. The first-order valence-corrected chi connectivity index (χ1v) is 4.44. The van der Waals surface area contributed by atoms with Gasteiger partial charge in [0.1, 0.15) is 23.5 Å². The minimum Gasteiger partial charge on any atom is -0.367 e. The third kappa shape index (κ3) is 3.50. The molecule has 0 aliphatic heterocycles. The molecule has 74 valence electrons. The molecule has 0 aromatic carbocycles. The predicted molar refractivity (Wildman–Crippen MR) is 56.8 cm³/mol. The highest BCUT2D eigenvalue weighted by Gasteiger charge is 1.93. The summed E-state index contributed by atoms with van der Waals surface area (Å²) in [6.07, 6.45) is 1.53. The van der Waals surface area contributed by atoms with Gasteiger partial charge in [-0.25, -0.2) is 4.98 Å². The van der Waals surface area contributed by atoms with Crippen LogP contribution in [-0.4, -0.2) is 11.5 Å². The summed E-state index contributed by atoms with van der Waals surface area (Å²) in [4.78, 5) is 4.22. The molecule has 0 aliphatic rings. The van der Waals surface area contributed by atoms with Crippen molar-refractivity contribution in [1.82, 2.24) is 4.98 Å². The molecule has 0 saturated heterocycles. The first kappa shape index (κ1) is 10.7. The molecule has 1 aromatic rings. The second-order valence-corrected chi connectivity index (χ2v) is 2.89. The number of hydrogen-bond donors (Lipinski definition) is 1. The maximum Gasteiger partial charge on any atom is 0.127 e. The van der Waals surface area contributed by atoms with E-state index in [1.165, 1.54) is 6.08 Å². The Balaban J connectivity index is 2.56. The number of nitriles is 2. The highest BCUT2D eigenvalue weighted by molar-refractivity contribution is 5.39. The van der Waals surface area contributed by atoms with Crippen molar-refractivity contribution < 1.29 is 0 Å². The van der Waals surface area contributed by atoms with Gasteiger partial charge in [-0.3, -0.25) is 0 Å². The van der Waals surface area contributed by atoms with Crippen LogP contribution in [0.3, 0.4) is 0 Å². The Morgan fingerprint density at radius 2 is 2.20 bits per heavy atom. The smallest absolute Gasteiger partial charge is 0.127 e. The van der Waals surface area contributed by atoms with E-state index in [4.69, 9.17) is 10.5 Å². The van der Waals surface area contributed by atoms with Gasteiger partial charge >= 0.3 is 0 Å². The monoisotopic (exact) mass is 198 g/mol. The van der Waals surface area contributed by atoms with Crippen LogP contribution in [0, 0.1) is 29.6 Å². The van der Waals surface area contributed by atoms with Crippen LogP contribution in [0.15, 0.2) is 29.8 Å². The number of aryl methyl sites for hydroxylation is 1. The van der Waals surface area contributed by atoms with E-state index >= 15 is 0 Å². The largest absolute Gasteiger partial charge is 0.367 e. The standard InChI is InChI=1S/C11H10N4/c1-9-3-2-4-11(15-9)14-6-5-10(7-12)8-13/h2-5H,6H2,1H3,(H,14,15). The summed E-state index contributed by atoms with van der Waals surface area (Å²) < 4.78 is 0. The second kappa shape index (κ2) is 5.41. The van der Waals surface area contributed by atoms with Gasteiger partial charge in [0.2, 0.25) is 0 Å². The molecule has 0 bridgehead atoms. The van der Waals surface area contributed by atoms with Crippen molar-refractivity contribution in [2.45, 2.75) is 6.92 Å². The van der Waals surface area contributed by atoms with Gasteiger partial charge in [-0.1, -0.05) is 6.07 Å². The van der Waals surface area contributed by atoms with Crippen LogP contribution < -0.4 is 5.32 Å². The van der Waals surface area contributed by atoms with Crippen LogP contribution in [-0.2, 0) is 0 Å². The molecule has 1 aromatic heterocycles. The Labute approximate surface area is 88.5 Å². The van der Waals surface area contributed by atoms with E-state index in [1.807, 2.05) is 25.1 Å². The highest BCUT2D eigenvalue weighted by atomic mass is 15.0. The van der Waals surface area contributed by atoms with Crippen LogP contribution >= 0.6 is 0 Å². The molecule has 0 spiro atoms. The zero-order valence-electron chi connectivity index (χ0n) is 8.36. The van der Waals surface area contributed by atoms with Gasteiger partial charge < -0.3 is 5.32 Å². The normalized spacial score (nSPS) is 8.47. The predicted octanol–water partition coefficient (Wildman–Crippen LogP) is 1.78. The van der Waals surface area contributed by atoms with E-state index in [-0.39, 0.29) is 5.57 Å². The molecule has 0 saturated carbocycles. The van der Waals surface area contributed by atoms with Gasteiger partial charge in [-0.05, 0) is 25.1 Å². The number of anilines is 1. The van der Waals surface area contributed by atoms with Crippen LogP contribution in [0.5, 0.6) is 0 Å². The average Bonchev–Trinajstić information content (AvgIpc) is 2.25.